The third-order valence-electron chi connectivity index (χ3n) is 5.04. The number of nitrogens with zero attached hydrogens (tertiary/aromatic N) is 1. The lowest BCUT2D eigenvalue weighted by atomic mass is 9.97. The molecule has 1 aliphatic carbocycles. The third kappa shape index (κ3) is 4.76. The number of hydrogen-bond donors (Lipinski definition) is 1. The minimum absolute atomic E-state index is 0.174. The molecular weight excluding hydrogens is 380 g/mol. The molecule has 1 fully saturated rings. The number of ether oxygens (including phenoxy) is 1. The van der Waals surface area contributed by atoms with Crippen molar-refractivity contribution >= 4 is 22.0 Å². The Labute approximate surface area is 159 Å². The Balaban J connectivity index is 1.53. The van der Waals surface area contributed by atoms with Crippen LogP contribution in [0.15, 0.2) is 22.7 Å². The number of amides is 1. The summed E-state index contributed by atoms with van der Waals surface area (Å²) in [6, 6.07) is 6.91. The van der Waals surface area contributed by atoms with Crippen LogP contribution in [0.2, 0.25) is 0 Å². The molecular formula is C20H29BrN2O2. The number of fused-ring (bicyclic) bond motifs is 1. The van der Waals surface area contributed by atoms with Crippen molar-refractivity contribution in [3.05, 3.63) is 33.8 Å². The molecule has 1 N–H and O–H groups in total. The zero-order chi connectivity index (χ0) is 18.0. The second-order valence-corrected chi connectivity index (χ2v) is 9.10. The molecule has 3 rings (SSSR count). The summed E-state index contributed by atoms with van der Waals surface area (Å²) in [6.07, 6.45) is 4.33. The summed E-state index contributed by atoms with van der Waals surface area (Å²) in [7, 11) is 0. The van der Waals surface area contributed by atoms with E-state index in [-0.39, 0.29) is 6.09 Å². The van der Waals surface area contributed by atoms with Crippen LogP contribution in [-0.4, -0.2) is 36.2 Å². The number of hydrogen-bond acceptors (Lipinski definition) is 3. The Hall–Kier alpha value is -1.07. The van der Waals surface area contributed by atoms with Crippen LogP contribution in [0.25, 0.3) is 0 Å². The lowest BCUT2D eigenvalue weighted by molar-refractivity contribution is 0.0165. The molecule has 1 heterocycles. The van der Waals surface area contributed by atoms with Gasteiger partial charge in [0.15, 0.2) is 0 Å². The van der Waals surface area contributed by atoms with Crippen LogP contribution < -0.4 is 5.32 Å². The van der Waals surface area contributed by atoms with Gasteiger partial charge in [-0.05, 0) is 69.6 Å². The molecule has 1 saturated heterocycles. The van der Waals surface area contributed by atoms with Gasteiger partial charge in [0, 0.05) is 30.1 Å². The number of halogens is 1. The fourth-order valence-electron chi connectivity index (χ4n) is 3.85. The number of nitrogens with one attached hydrogen (secondary N) is 1. The number of benzene rings is 1. The van der Waals surface area contributed by atoms with Crippen LogP contribution in [0.4, 0.5) is 4.79 Å². The first-order valence-electron chi connectivity index (χ1n) is 9.32. The summed E-state index contributed by atoms with van der Waals surface area (Å²) in [5.41, 5.74) is 2.44. The smallest absolute Gasteiger partial charge is 0.410 e. The minimum atomic E-state index is -0.427. The molecule has 2 aliphatic rings. The van der Waals surface area contributed by atoms with Crippen LogP contribution in [-0.2, 0) is 11.2 Å². The van der Waals surface area contributed by atoms with Crippen molar-refractivity contribution in [3.63, 3.8) is 0 Å². The van der Waals surface area contributed by atoms with Crippen LogP contribution in [0.5, 0.6) is 0 Å². The van der Waals surface area contributed by atoms with Crippen LogP contribution >= 0.6 is 15.9 Å². The predicted molar refractivity (Wildman–Crippen MR) is 104 cm³/mol. The van der Waals surface area contributed by atoms with Gasteiger partial charge in [-0.25, -0.2) is 4.79 Å². The van der Waals surface area contributed by atoms with E-state index in [9.17, 15) is 4.79 Å². The Kier molecular flexibility index (Phi) is 5.74. The topological polar surface area (TPSA) is 41.6 Å². The standard InChI is InChI=1S/C20H29BrN2O2/c1-20(2,3)25-19(24)23-11-5-6-14(13-23)12-22-18-10-9-15-16(18)7-4-8-17(15)21/h4,7-8,14,18,22H,5-6,9-13H2,1-3H3. The highest BCUT2D eigenvalue weighted by Crippen LogP contribution is 2.35. The Bertz CT molecular complexity index is 627. The first-order chi connectivity index (χ1) is 11.8. The van der Waals surface area contributed by atoms with E-state index in [0.717, 1.165) is 38.9 Å². The fraction of sp³-hybridized carbons (Fsp3) is 0.650. The van der Waals surface area contributed by atoms with Gasteiger partial charge in [-0.15, -0.1) is 0 Å². The maximum atomic E-state index is 12.3. The van der Waals surface area contributed by atoms with E-state index >= 15 is 0 Å². The van der Waals surface area contributed by atoms with Crippen molar-refractivity contribution in [2.24, 2.45) is 5.92 Å². The molecule has 1 aromatic carbocycles. The van der Waals surface area contributed by atoms with Gasteiger partial charge in [-0.3, -0.25) is 0 Å². The Morgan fingerprint density at radius 2 is 2.16 bits per heavy atom. The molecule has 4 nitrogen and oxygen atoms in total. The summed E-state index contributed by atoms with van der Waals surface area (Å²) in [4.78, 5) is 14.2. The number of rotatable bonds is 3. The second-order valence-electron chi connectivity index (χ2n) is 8.24. The number of piperidine rings is 1. The highest BCUT2D eigenvalue weighted by atomic mass is 79.9. The van der Waals surface area contributed by atoms with E-state index in [1.807, 2.05) is 25.7 Å². The zero-order valence-electron chi connectivity index (χ0n) is 15.5. The van der Waals surface area contributed by atoms with Gasteiger partial charge in [0.2, 0.25) is 0 Å². The molecule has 25 heavy (non-hydrogen) atoms. The largest absolute Gasteiger partial charge is 0.444 e. The molecule has 0 bridgehead atoms. The highest BCUT2D eigenvalue weighted by Gasteiger charge is 2.29. The van der Waals surface area contributed by atoms with Crippen molar-refractivity contribution in [1.82, 2.24) is 10.2 Å². The Morgan fingerprint density at radius 3 is 2.92 bits per heavy atom. The van der Waals surface area contributed by atoms with Gasteiger partial charge in [-0.2, -0.15) is 0 Å². The average Bonchev–Trinajstić information content (AvgIpc) is 2.96. The predicted octanol–water partition coefficient (Wildman–Crippen LogP) is 4.67. The third-order valence-corrected chi connectivity index (χ3v) is 5.78. The fourth-order valence-corrected chi connectivity index (χ4v) is 4.43. The van der Waals surface area contributed by atoms with Gasteiger partial charge in [-0.1, -0.05) is 28.1 Å². The van der Waals surface area contributed by atoms with Gasteiger partial charge >= 0.3 is 6.09 Å². The maximum absolute atomic E-state index is 12.3. The normalized spacial score (nSPS) is 23.4. The van der Waals surface area contributed by atoms with Crippen molar-refractivity contribution < 1.29 is 9.53 Å². The van der Waals surface area contributed by atoms with E-state index in [0.29, 0.717) is 12.0 Å². The summed E-state index contributed by atoms with van der Waals surface area (Å²) in [5, 5.41) is 3.74. The maximum Gasteiger partial charge on any atom is 0.410 e. The summed E-state index contributed by atoms with van der Waals surface area (Å²) < 4.78 is 6.75. The molecule has 0 aromatic heterocycles. The monoisotopic (exact) mass is 408 g/mol. The second kappa shape index (κ2) is 7.67. The SMILES string of the molecule is CC(C)(C)OC(=O)N1CCCC(CNC2CCc3c(Br)cccc32)C1. The number of carbonyl (C=O) groups excluding carboxylic acids is 1. The highest BCUT2D eigenvalue weighted by molar-refractivity contribution is 9.10. The number of carbonyl (C=O) groups is 1. The Morgan fingerprint density at radius 1 is 1.36 bits per heavy atom. The van der Waals surface area contributed by atoms with E-state index in [1.54, 1.807) is 0 Å². The van der Waals surface area contributed by atoms with E-state index in [1.165, 1.54) is 22.0 Å². The molecule has 1 amide bonds. The van der Waals surface area contributed by atoms with E-state index in [2.05, 4.69) is 39.4 Å². The number of likely N-dealkylation sites (tertiary alicyclic amines) is 1. The molecule has 1 aliphatic heterocycles. The van der Waals surface area contributed by atoms with Crippen LogP contribution in [0.3, 0.4) is 0 Å². The van der Waals surface area contributed by atoms with Crippen LogP contribution in [0, 0.1) is 5.92 Å². The van der Waals surface area contributed by atoms with Crippen molar-refractivity contribution in [2.45, 2.75) is 58.1 Å². The minimum Gasteiger partial charge on any atom is -0.444 e. The van der Waals surface area contributed by atoms with Gasteiger partial charge in [0.1, 0.15) is 5.60 Å². The van der Waals surface area contributed by atoms with E-state index < -0.39 is 5.60 Å². The van der Waals surface area contributed by atoms with Gasteiger partial charge in [0.05, 0.1) is 0 Å². The van der Waals surface area contributed by atoms with Crippen LogP contribution in [0.1, 0.15) is 57.2 Å². The van der Waals surface area contributed by atoms with Gasteiger partial charge in [0.25, 0.3) is 0 Å². The molecule has 0 saturated carbocycles. The molecule has 0 radical (unpaired) electrons. The van der Waals surface area contributed by atoms with Crippen molar-refractivity contribution in [1.29, 1.82) is 0 Å². The van der Waals surface area contributed by atoms with E-state index in [4.69, 9.17) is 4.74 Å². The molecule has 5 heteroatoms. The zero-order valence-corrected chi connectivity index (χ0v) is 17.1. The molecule has 1 aromatic rings. The first-order valence-corrected chi connectivity index (χ1v) is 10.1. The molecule has 0 spiro atoms. The molecule has 2 unspecified atom stereocenters. The molecule has 138 valence electrons. The van der Waals surface area contributed by atoms with Crippen molar-refractivity contribution in [2.75, 3.05) is 19.6 Å². The van der Waals surface area contributed by atoms with Crippen molar-refractivity contribution in [3.8, 4) is 0 Å². The molecule has 2 atom stereocenters. The summed E-state index contributed by atoms with van der Waals surface area (Å²) in [5.74, 6) is 0.498. The lowest BCUT2D eigenvalue weighted by Crippen LogP contribution is -2.45. The first kappa shape index (κ1) is 18.7. The average molecular weight is 409 g/mol. The summed E-state index contributed by atoms with van der Waals surface area (Å²) in [6.45, 7) is 8.32. The summed E-state index contributed by atoms with van der Waals surface area (Å²) >= 11 is 3.66. The lowest BCUT2D eigenvalue weighted by Gasteiger charge is -2.34. The van der Waals surface area contributed by atoms with Gasteiger partial charge < -0.3 is 15.0 Å². The quantitative estimate of drug-likeness (QED) is 0.789.